The number of amides is 1. The van der Waals surface area contributed by atoms with E-state index in [4.69, 9.17) is 11.6 Å². The lowest BCUT2D eigenvalue weighted by Gasteiger charge is -2.13. The van der Waals surface area contributed by atoms with Crippen LogP contribution in [0, 0.1) is 6.92 Å². The number of carbonyl (C=O) groups excluding carboxylic acids is 1. The number of carbonyl (C=O) groups is 1. The van der Waals surface area contributed by atoms with Gasteiger partial charge in [-0.25, -0.2) is 13.1 Å². The molecule has 1 heterocycles. The van der Waals surface area contributed by atoms with Crippen LogP contribution in [0.1, 0.15) is 24.4 Å². The minimum absolute atomic E-state index is 0.0746. The molecule has 4 rings (SSSR count). The van der Waals surface area contributed by atoms with E-state index in [0.29, 0.717) is 33.2 Å². The first-order valence-corrected chi connectivity index (χ1v) is 12.3. The quantitative estimate of drug-likeness (QED) is 0.475. The molecule has 2 N–H and O–H groups in total. The van der Waals surface area contributed by atoms with Crippen molar-refractivity contribution >= 4 is 50.7 Å². The fourth-order valence-electron chi connectivity index (χ4n) is 2.85. The van der Waals surface area contributed by atoms with Crippen LogP contribution in [-0.2, 0) is 14.8 Å². The molecule has 0 radical (unpaired) electrons. The van der Waals surface area contributed by atoms with Crippen LogP contribution in [0.5, 0.6) is 0 Å². The van der Waals surface area contributed by atoms with Gasteiger partial charge in [0.1, 0.15) is 0 Å². The zero-order valence-electron chi connectivity index (χ0n) is 16.4. The van der Waals surface area contributed by atoms with Crippen LogP contribution in [0.2, 0.25) is 5.02 Å². The third-order valence-electron chi connectivity index (χ3n) is 4.55. The van der Waals surface area contributed by atoms with Crippen molar-refractivity contribution < 1.29 is 13.2 Å². The average molecular weight is 479 g/mol. The first-order valence-electron chi connectivity index (χ1n) is 9.41. The Hall–Kier alpha value is -2.63. The van der Waals surface area contributed by atoms with E-state index >= 15 is 0 Å². The number of aryl methyl sites for hydroxylation is 1. The molecule has 0 aliphatic heterocycles. The largest absolute Gasteiger partial charge is 0.325 e. The third kappa shape index (κ3) is 5.35. The maximum absolute atomic E-state index is 12.8. The number of hydrogen-bond donors (Lipinski definition) is 2. The predicted octanol–water partition coefficient (Wildman–Crippen LogP) is 3.50. The fraction of sp³-hybridized carbons (Fsp3) is 0.263. The molecule has 1 saturated carbocycles. The van der Waals surface area contributed by atoms with Crippen molar-refractivity contribution in [2.75, 3.05) is 15.8 Å². The Bertz CT molecular complexity index is 1210. The third-order valence-corrected chi connectivity index (χ3v) is 7.25. The Balaban J connectivity index is 1.43. The lowest BCUT2D eigenvalue weighted by Crippen LogP contribution is -2.17. The van der Waals surface area contributed by atoms with Crippen LogP contribution >= 0.6 is 23.4 Å². The first-order chi connectivity index (χ1) is 14.8. The van der Waals surface area contributed by atoms with Crippen LogP contribution in [0.3, 0.4) is 0 Å². The van der Waals surface area contributed by atoms with E-state index in [2.05, 4.69) is 25.6 Å². The topological polar surface area (TPSA) is 119 Å². The summed E-state index contributed by atoms with van der Waals surface area (Å²) >= 11 is 7.09. The molecule has 0 unspecified atom stereocenters. The van der Waals surface area contributed by atoms with Crippen LogP contribution in [0.25, 0.3) is 0 Å². The fourth-order valence-corrected chi connectivity index (χ4v) is 5.05. The molecule has 1 aliphatic rings. The summed E-state index contributed by atoms with van der Waals surface area (Å²) in [6.45, 7) is 1.69. The SMILES string of the molecule is Cc1ccc(NC(=O)CSc2nnnn2C2CC2)cc1S(=O)(=O)Nc1ccc(Cl)cc1. The molecule has 2 aromatic carbocycles. The van der Waals surface area contributed by atoms with E-state index in [1.807, 2.05) is 0 Å². The second kappa shape index (κ2) is 8.85. The van der Waals surface area contributed by atoms with Crippen molar-refractivity contribution in [3.63, 3.8) is 0 Å². The molecule has 162 valence electrons. The van der Waals surface area contributed by atoms with E-state index in [1.165, 1.54) is 17.8 Å². The number of thioether (sulfide) groups is 1. The zero-order chi connectivity index (χ0) is 22.0. The molecular formula is C19H19ClN6O3S2. The van der Waals surface area contributed by atoms with Crippen molar-refractivity contribution in [2.45, 2.75) is 35.9 Å². The summed E-state index contributed by atoms with van der Waals surface area (Å²) in [5.74, 6) is -0.181. The lowest BCUT2D eigenvalue weighted by atomic mass is 10.2. The Morgan fingerprint density at radius 2 is 1.90 bits per heavy atom. The number of tetrazole rings is 1. The normalized spacial score (nSPS) is 13.7. The minimum Gasteiger partial charge on any atom is -0.325 e. The molecule has 0 saturated heterocycles. The standard InChI is InChI=1S/C19H19ClN6O3S2/c1-12-2-5-15(10-17(12)31(28,29)23-14-6-3-13(20)4-7-14)21-18(27)11-30-19-22-24-25-26(19)16-8-9-16/h2-7,10,16,23H,8-9,11H2,1H3,(H,21,27). The van der Waals surface area contributed by atoms with Crippen LogP contribution < -0.4 is 10.0 Å². The van der Waals surface area contributed by atoms with Crippen molar-refractivity contribution in [1.29, 1.82) is 0 Å². The summed E-state index contributed by atoms with van der Waals surface area (Å²) in [7, 11) is -3.85. The second-order valence-electron chi connectivity index (χ2n) is 7.07. The number of anilines is 2. The van der Waals surface area contributed by atoms with Crippen molar-refractivity contribution in [1.82, 2.24) is 20.2 Å². The molecule has 1 amide bonds. The molecule has 1 aromatic heterocycles. The highest BCUT2D eigenvalue weighted by Gasteiger charge is 2.28. The van der Waals surface area contributed by atoms with Crippen LogP contribution in [-0.4, -0.2) is 40.3 Å². The molecule has 0 atom stereocenters. The number of sulfonamides is 1. The molecule has 0 spiro atoms. The highest BCUT2D eigenvalue weighted by atomic mass is 35.5. The molecule has 31 heavy (non-hydrogen) atoms. The number of hydrogen-bond acceptors (Lipinski definition) is 7. The number of halogens is 1. The maximum Gasteiger partial charge on any atom is 0.262 e. The summed E-state index contributed by atoms with van der Waals surface area (Å²) < 4.78 is 30.0. The Kier molecular flexibility index (Phi) is 6.17. The zero-order valence-corrected chi connectivity index (χ0v) is 18.8. The molecule has 9 nitrogen and oxygen atoms in total. The van der Waals surface area contributed by atoms with E-state index in [1.54, 1.807) is 48.0 Å². The van der Waals surface area contributed by atoms with Gasteiger partial charge in [-0.15, -0.1) is 5.10 Å². The molecule has 0 bridgehead atoms. The number of nitrogens with one attached hydrogen (secondary N) is 2. The van der Waals surface area contributed by atoms with Crippen molar-refractivity contribution in [3.05, 3.63) is 53.1 Å². The van der Waals surface area contributed by atoms with Crippen molar-refractivity contribution in [3.8, 4) is 0 Å². The summed E-state index contributed by atoms with van der Waals surface area (Å²) in [6.07, 6.45) is 2.07. The Morgan fingerprint density at radius 1 is 1.19 bits per heavy atom. The highest BCUT2D eigenvalue weighted by Crippen LogP contribution is 2.36. The summed E-state index contributed by atoms with van der Waals surface area (Å²) in [5.41, 5.74) is 1.33. The van der Waals surface area contributed by atoms with Gasteiger partial charge in [0.15, 0.2) is 0 Å². The molecular weight excluding hydrogens is 460 g/mol. The summed E-state index contributed by atoms with van der Waals surface area (Å²) in [6, 6.07) is 11.4. The van der Waals surface area contributed by atoms with E-state index in [-0.39, 0.29) is 16.6 Å². The van der Waals surface area contributed by atoms with Gasteiger partial charge in [0.2, 0.25) is 11.1 Å². The number of nitrogens with zero attached hydrogens (tertiary/aromatic N) is 4. The molecule has 3 aromatic rings. The van der Waals surface area contributed by atoms with Gasteiger partial charge in [0.05, 0.1) is 16.7 Å². The molecule has 1 fully saturated rings. The van der Waals surface area contributed by atoms with Gasteiger partial charge < -0.3 is 5.32 Å². The smallest absolute Gasteiger partial charge is 0.262 e. The maximum atomic E-state index is 12.8. The Labute approximate surface area is 188 Å². The summed E-state index contributed by atoms with van der Waals surface area (Å²) in [4.78, 5) is 12.5. The van der Waals surface area contributed by atoms with Gasteiger partial charge in [0.25, 0.3) is 10.0 Å². The van der Waals surface area contributed by atoms with Crippen molar-refractivity contribution in [2.24, 2.45) is 0 Å². The van der Waals surface area contributed by atoms with Gasteiger partial charge in [-0.2, -0.15) is 0 Å². The lowest BCUT2D eigenvalue weighted by molar-refractivity contribution is -0.113. The predicted molar refractivity (Wildman–Crippen MR) is 119 cm³/mol. The first kappa shape index (κ1) is 21.6. The van der Waals surface area contributed by atoms with Gasteiger partial charge in [-0.3, -0.25) is 9.52 Å². The second-order valence-corrected chi connectivity index (χ2v) is 10.1. The van der Waals surface area contributed by atoms with Gasteiger partial charge in [-0.05, 0) is 72.2 Å². The molecule has 1 aliphatic carbocycles. The summed E-state index contributed by atoms with van der Waals surface area (Å²) in [5, 5.41) is 15.4. The Morgan fingerprint density at radius 3 is 2.61 bits per heavy atom. The van der Waals surface area contributed by atoms with E-state index in [9.17, 15) is 13.2 Å². The number of benzene rings is 2. The van der Waals surface area contributed by atoms with Gasteiger partial charge in [-0.1, -0.05) is 29.4 Å². The highest BCUT2D eigenvalue weighted by molar-refractivity contribution is 7.99. The van der Waals surface area contributed by atoms with Gasteiger partial charge >= 0.3 is 0 Å². The number of rotatable bonds is 8. The molecule has 12 heteroatoms. The van der Waals surface area contributed by atoms with Crippen LogP contribution in [0.4, 0.5) is 11.4 Å². The van der Waals surface area contributed by atoms with E-state index < -0.39 is 10.0 Å². The monoisotopic (exact) mass is 478 g/mol. The number of aromatic nitrogens is 4. The van der Waals surface area contributed by atoms with Crippen LogP contribution in [0.15, 0.2) is 52.5 Å². The minimum atomic E-state index is -3.85. The average Bonchev–Trinajstić information content (AvgIpc) is 3.47. The van der Waals surface area contributed by atoms with E-state index in [0.717, 1.165) is 12.8 Å². The van der Waals surface area contributed by atoms with Gasteiger partial charge in [0, 0.05) is 16.4 Å².